The molecule has 1 aromatic heterocycles. The third-order valence-electron chi connectivity index (χ3n) is 3.67. The van der Waals surface area contributed by atoms with E-state index < -0.39 is 4.92 Å². The fourth-order valence-electron chi connectivity index (χ4n) is 2.31. The molecule has 2 N–H and O–H groups in total. The van der Waals surface area contributed by atoms with Gasteiger partial charge in [0, 0.05) is 17.8 Å². The molecule has 0 aliphatic carbocycles. The molecule has 10 nitrogen and oxygen atoms in total. The van der Waals surface area contributed by atoms with Crippen molar-refractivity contribution in [2.75, 3.05) is 23.5 Å². The number of thioether (sulfide) groups is 1. The highest BCUT2D eigenvalue weighted by Crippen LogP contribution is 2.27. The lowest BCUT2D eigenvalue weighted by Gasteiger charge is -2.06. The van der Waals surface area contributed by atoms with E-state index in [2.05, 4.69) is 20.8 Å². The van der Waals surface area contributed by atoms with Crippen LogP contribution < -0.4 is 15.4 Å². The summed E-state index contributed by atoms with van der Waals surface area (Å²) in [6.07, 6.45) is 0. The number of methoxy groups -OCH3 is 1. The maximum Gasteiger partial charge on any atom is 0.269 e. The van der Waals surface area contributed by atoms with Gasteiger partial charge in [0.05, 0.1) is 23.3 Å². The second kappa shape index (κ2) is 9.80. The lowest BCUT2D eigenvalue weighted by Crippen LogP contribution is -2.13. The normalized spacial score (nSPS) is 10.3. The van der Waals surface area contributed by atoms with E-state index >= 15 is 0 Å². The maximum absolute atomic E-state index is 12.4. The summed E-state index contributed by atoms with van der Waals surface area (Å²) in [5, 5.41) is 24.1. The van der Waals surface area contributed by atoms with Crippen LogP contribution in [-0.4, -0.2) is 39.8 Å². The molecule has 2 amide bonds. The van der Waals surface area contributed by atoms with Crippen molar-refractivity contribution in [3.63, 3.8) is 0 Å². The highest BCUT2D eigenvalue weighted by atomic mass is 32.2. The summed E-state index contributed by atoms with van der Waals surface area (Å²) in [5.41, 5.74) is 0.763. The van der Waals surface area contributed by atoms with Gasteiger partial charge < -0.3 is 10.1 Å². The van der Waals surface area contributed by atoms with Crippen LogP contribution in [0.4, 0.5) is 16.5 Å². The molecular formula is C18H15N5O5S2. The van der Waals surface area contributed by atoms with Crippen LogP contribution in [0.2, 0.25) is 0 Å². The average Bonchev–Trinajstić information content (AvgIpc) is 3.19. The minimum Gasteiger partial charge on any atom is -0.496 e. The topological polar surface area (TPSA) is 136 Å². The van der Waals surface area contributed by atoms with Crippen LogP contribution in [0.5, 0.6) is 5.75 Å². The number of para-hydroxylation sites is 1. The number of carbonyl (C=O) groups excluding carboxylic acids is 2. The Kier molecular flexibility index (Phi) is 6.93. The monoisotopic (exact) mass is 445 g/mol. The largest absolute Gasteiger partial charge is 0.496 e. The number of nitrogens with one attached hydrogen (secondary N) is 2. The Hall–Kier alpha value is -3.51. The number of benzene rings is 2. The molecule has 2 aromatic carbocycles. The zero-order valence-corrected chi connectivity index (χ0v) is 17.2. The first-order chi connectivity index (χ1) is 14.5. The Balaban J connectivity index is 1.52. The number of nitro benzene ring substituents is 1. The van der Waals surface area contributed by atoms with E-state index in [4.69, 9.17) is 4.74 Å². The Labute approximate surface area is 178 Å². The molecule has 0 bridgehead atoms. The summed E-state index contributed by atoms with van der Waals surface area (Å²) in [4.78, 5) is 34.6. The van der Waals surface area contributed by atoms with Crippen LogP contribution in [0.25, 0.3) is 0 Å². The van der Waals surface area contributed by atoms with Crippen LogP contribution in [0.15, 0.2) is 52.9 Å². The Morgan fingerprint density at radius 2 is 1.87 bits per heavy atom. The summed E-state index contributed by atoms with van der Waals surface area (Å²) in [5.74, 6) is -0.178. The van der Waals surface area contributed by atoms with E-state index in [0.717, 1.165) is 23.1 Å². The lowest BCUT2D eigenvalue weighted by molar-refractivity contribution is -0.384. The van der Waals surface area contributed by atoms with Gasteiger partial charge in [-0.15, -0.1) is 10.2 Å². The number of ether oxygens (including phenoxy) is 1. The first-order valence-electron chi connectivity index (χ1n) is 8.41. The molecule has 0 aliphatic heterocycles. The molecule has 30 heavy (non-hydrogen) atoms. The Morgan fingerprint density at radius 1 is 1.13 bits per heavy atom. The molecule has 0 spiro atoms. The number of amides is 2. The second-order valence-electron chi connectivity index (χ2n) is 5.67. The number of hydrogen-bond acceptors (Lipinski definition) is 9. The van der Waals surface area contributed by atoms with Crippen molar-refractivity contribution in [1.82, 2.24) is 10.2 Å². The van der Waals surface area contributed by atoms with E-state index in [1.807, 2.05) is 0 Å². The van der Waals surface area contributed by atoms with Gasteiger partial charge in [-0.3, -0.25) is 25.0 Å². The highest BCUT2D eigenvalue weighted by molar-refractivity contribution is 8.01. The SMILES string of the molecule is COc1ccccc1C(=O)Nc1nnc(SCC(=O)Nc2ccc([N+](=O)[O-])cc2)s1. The fraction of sp³-hybridized carbons (Fsp3) is 0.111. The summed E-state index contributed by atoms with van der Waals surface area (Å²) >= 11 is 2.29. The number of nitro groups is 1. The van der Waals surface area contributed by atoms with Crippen molar-refractivity contribution < 1.29 is 19.2 Å². The van der Waals surface area contributed by atoms with Crippen molar-refractivity contribution in [2.45, 2.75) is 4.34 Å². The molecule has 0 radical (unpaired) electrons. The second-order valence-corrected chi connectivity index (χ2v) is 7.87. The van der Waals surface area contributed by atoms with Gasteiger partial charge in [0.15, 0.2) is 4.34 Å². The van der Waals surface area contributed by atoms with Gasteiger partial charge in [-0.05, 0) is 24.3 Å². The molecular weight excluding hydrogens is 430 g/mol. The van der Waals surface area contributed by atoms with Gasteiger partial charge in [-0.1, -0.05) is 35.2 Å². The molecule has 12 heteroatoms. The predicted octanol–water partition coefficient (Wildman–Crippen LogP) is 3.44. The van der Waals surface area contributed by atoms with Crippen molar-refractivity contribution >= 4 is 51.4 Å². The van der Waals surface area contributed by atoms with E-state index in [1.165, 1.54) is 31.4 Å². The first kappa shape index (κ1) is 21.2. The Bertz CT molecular complexity index is 1070. The summed E-state index contributed by atoms with van der Waals surface area (Å²) < 4.78 is 5.67. The predicted molar refractivity (Wildman–Crippen MR) is 113 cm³/mol. The van der Waals surface area contributed by atoms with E-state index in [9.17, 15) is 19.7 Å². The summed E-state index contributed by atoms with van der Waals surface area (Å²) in [6, 6.07) is 12.3. The molecule has 0 aliphatic rings. The van der Waals surface area contributed by atoms with Crippen molar-refractivity contribution in [1.29, 1.82) is 0 Å². The van der Waals surface area contributed by atoms with Gasteiger partial charge in [0.25, 0.3) is 11.6 Å². The van der Waals surface area contributed by atoms with Crippen LogP contribution in [0.1, 0.15) is 10.4 Å². The van der Waals surface area contributed by atoms with Crippen LogP contribution in [0, 0.1) is 10.1 Å². The van der Waals surface area contributed by atoms with Crippen LogP contribution in [-0.2, 0) is 4.79 Å². The molecule has 0 saturated heterocycles. The molecule has 1 heterocycles. The van der Waals surface area contributed by atoms with Gasteiger partial charge in [-0.2, -0.15) is 0 Å². The highest BCUT2D eigenvalue weighted by Gasteiger charge is 2.15. The first-order valence-corrected chi connectivity index (χ1v) is 10.2. The zero-order chi connectivity index (χ0) is 21.5. The van der Waals surface area contributed by atoms with E-state index in [-0.39, 0.29) is 23.3 Å². The number of non-ortho nitro benzene ring substituents is 1. The van der Waals surface area contributed by atoms with Crippen molar-refractivity contribution in [2.24, 2.45) is 0 Å². The molecule has 3 rings (SSSR count). The number of hydrogen-bond donors (Lipinski definition) is 2. The number of anilines is 2. The number of nitrogens with zero attached hydrogens (tertiary/aromatic N) is 3. The summed E-state index contributed by atoms with van der Waals surface area (Å²) in [6.45, 7) is 0. The van der Waals surface area contributed by atoms with E-state index in [0.29, 0.717) is 26.5 Å². The number of rotatable bonds is 8. The minimum atomic E-state index is -0.513. The number of aromatic nitrogens is 2. The molecule has 3 aromatic rings. The molecule has 0 fully saturated rings. The lowest BCUT2D eigenvalue weighted by atomic mass is 10.2. The van der Waals surface area contributed by atoms with Crippen molar-refractivity contribution in [3.8, 4) is 5.75 Å². The minimum absolute atomic E-state index is 0.0565. The third-order valence-corrected chi connectivity index (χ3v) is 5.64. The van der Waals surface area contributed by atoms with Gasteiger partial charge in [0.1, 0.15) is 5.75 Å². The van der Waals surface area contributed by atoms with E-state index in [1.54, 1.807) is 24.3 Å². The molecule has 0 saturated carbocycles. The smallest absolute Gasteiger partial charge is 0.269 e. The Morgan fingerprint density at radius 3 is 2.57 bits per heavy atom. The van der Waals surface area contributed by atoms with Crippen LogP contribution >= 0.6 is 23.1 Å². The van der Waals surface area contributed by atoms with Gasteiger partial charge >= 0.3 is 0 Å². The van der Waals surface area contributed by atoms with Crippen LogP contribution in [0.3, 0.4) is 0 Å². The molecule has 154 valence electrons. The van der Waals surface area contributed by atoms with Gasteiger partial charge in [0.2, 0.25) is 11.0 Å². The van der Waals surface area contributed by atoms with Crippen molar-refractivity contribution in [3.05, 3.63) is 64.2 Å². The zero-order valence-electron chi connectivity index (χ0n) is 15.5. The standard InChI is InChI=1S/C18H15N5O5S2/c1-28-14-5-3-2-4-13(14)16(25)20-17-21-22-18(30-17)29-10-15(24)19-11-6-8-12(9-7-11)23(26)27/h2-9H,10H2,1H3,(H,19,24)(H,20,21,25). The maximum atomic E-state index is 12.4. The quantitative estimate of drug-likeness (QED) is 0.233. The summed E-state index contributed by atoms with van der Waals surface area (Å²) in [7, 11) is 1.48. The fourth-order valence-corrected chi connectivity index (χ4v) is 3.85. The molecule has 0 unspecified atom stereocenters. The number of carbonyl (C=O) groups is 2. The third kappa shape index (κ3) is 5.52. The average molecular weight is 445 g/mol. The molecule has 0 atom stereocenters. The van der Waals surface area contributed by atoms with Gasteiger partial charge in [-0.25, -0.2) is 0 Å².